The zero-order valence-electron chi connectivity index (χ0n) is 7.53. The van der Waals surface area contributed by atoms with Crippen molar-refractivity contribution in [3.05, 3.63) is 41.2 Å². The minimum Gasteiger partial charge on any atom is -0.207 e. The summed E-state index contributed by atoms with van der Waals surface area (Å²) < 4.78 is 12.6. The maximum absolute atomic E-state index is 12.6. The van der Waals surface area contributed by atoms with Crippen LogP contribution >= 0.6 is 0 Å². The van der Waals surface area contributed by atoms with E-state index in [4.69, 9.17) is 15.8 Å². The molecule has 0 aliphatic carbocycles. The Morgan fingerprint density at radius 1 is 0.933 bits per heavy atom. The first-order valence-electron chi connectivity index (χ1n) is 3.93. The van der Waals surface area contributed by atoms with Gasteiger partial charge in [0.15, 0.2) is 0 Å². The molecule has 0 atom stereocenters. The maximum atomic E-state index is 12.6. The van der Waals surface area contributed by atoms with Gasteiger partial charge in [-0.2, -0.15) is 15.8 Å². The average Bonchev–Trinajstić information content (AvgIpc) is 2.27. The Hall–Kier alpha value is -2.64. The largest absolute Gasteiger partial charge is 0.207 e. The Bertz CT molecular complexity index is 505. The zero-order valence-corrected chi connectivity index (χ0v) is 7.53. The van der Waals surface area contributed by atoms with Gasteiger partial charge < -0.3 is 0 Å². The Kier molecular flexibility index (Phi) is 3.17. The number of allylic oxidation sites excluding steroid dienone is 2. The summed E-state index contributed by atoms with van der Waals surface area (Å²) in [5, 5.41) is 26.0. The molecule has 1 rings (SSSR count). The lowest BCUT2D eigenvalue weighted by molar-refractivity contribution is 0.627. The fraction of sp³-hybridized carbons (Fsp3) is 0. The molecular formula is C11H4FN3. The highest BCUT2D eigenvalue weighted by Crippen LogP contribution is 2.17. The van der Waals surface area contributed by atoms with Crippen LogP contribution in [0.15, 0.2) is 29.8 Å². The Morgan fingerprint density at radius 3 is 1.87 bits per heavy atom. The van der Waals surface area contributed by atoms with Crippen LogP contribution in [-0.4, -0.2) is 0 Å². The first kappa shape index (κ1) is 10.4. The second-order valence-electron chi connectivity index (χ2n) is 2.59. The van der Waals surface area contributed by atoms with Gasteiger partial charge in [-0.1, -0.05) is 12.1 Å². The SMILES string of the molecule is N#CC(C#N)=C(C#N)c1ccc(F)cc1. The quantitative estimate of drug-likeness (QED) is 0.647. The third-order valence-electron chi connectivity index (χ3n) is 1.72. The first-order chi connectivity index (χ1) is 7.22. The van der Waals surface area contributed by atoms with Gasteiger partial charge in [0.05, 0.1) is 5.57 Å². The van der Waals surface area contributed by atoms with Gasteiger partial charge in [0.2, 0.25) is 0 Å². The molecule has 70 valence electrons. The summed E-state index contributed by atoms with van der Waals surface area (Å²) in [6, 6.07) is 10.0. The standard InChI is InChI=1S/C11H4FN3/c12-10-3-1-8(2-4-10)11(7-15)9(5-13)6-14/h1-4H. The van der Waals surface area contributed by atoms with Crippen molar-refractivity contribution in [1.82, 2.24) is 0 Å². The molecule has 0 saturated carbocycles. The molecule has 0 aliphatic heterocycles. The molecule has 0 bridgehead atoms. The van der Waals surface area contributed by atoms with Gasteiger partial charge in [0, 0.05) is 0 Å². The molecule has 0 heterocycles. The number of hydrogen-bond acceptors (Lipinski definition) is 3. The summed E-state index contributed by atoms with van der Waals surface area (Å²) in [6.45, 7) is 0. The molecule has 15 heavy (non-hydrogen) atoms. The predicted molar refractivity (Wildman–Crippen MR) is 50.2 cm³/mol. The number of hydrogen-bond donors (Lipinski definition) is 0. The minimum atomic E-state index is -0.438. The topological polar surface area (TPSA) is 71.4 Å². The van der Waals surface area contributed by atoms with Crippen molar-refractivity contribution in [2.75, 3.05) is 0 Å². The van der Waals surface area contributed by atoms with E-state index in [1.54, 1.807) is 18.2 Å². The van der Waals surface area contributed by atoms with Gasteiger partial charge in [-0.3, -0.25) is 0 Å². The zero-order chi connectivity index (χ0) is 11.3. The van der Waals surface area contributed by atoms with E-state index in [9.17, 15) is 4.39 Å². The van der Waals surface area contributed by atoms with Crippen LogP contribution in [0.25, 0.3) is 5.57 Å². The number of nitriles is 3. The molecule has 0 amide bonds. The summed E-state index contributed by atoms with van der Waals surface area (Å²) in [5.41, 5.74) is 0.0427. The third kappa shape index (κ3) is 2.18. The highest BCUT2D eigenvalue weighted by Gasteiger charge is 2.08. The number of nitrogens with zero attached hydrogens (tertiary/aromatic N) is 3. The second kappa shape index (κ2) is 4.56. The lowest BCUT2D eigenvalue weighted by Crippen LogP contribution is -1.87. The molecule has 0 radical (unpaired) electrons. The van der Waals surface area contributed by atoms with Crippen molar-refractivity contribution < 1.29 is 4.39 Å². The monoisotopic (exact) mass is 197 g/mol. The van der Waals surface area contributed by atoms with E-state index in [0.29, 0.717) is 5.56 Å². The lowest BCUT2D eigenvalue weighted by atomic mass is 10.0. The van der Waals surface area contributed by atoms with E-state index in [0.717, 1.165) is 0 Å². The van der Waals surface area contributed by atoms with Crippen LogP contribution in [0.3, 0.4) is 0 Å². The van der Waals surface area contributed by atoms with E-state index in [1.807, 2.05) is 0 Å². The van der Waals surface area contributed by atoms with E-state index in [2.05, 4.69) is 0 Å². The second-order valence-corrected chi connectivity index (χ2v) is 2.59. The summed E-state index contributed by atoms with van der Waals surface area (Å²) in [5.74, 6) is -0.438. The fourth-order valence-electron chi connectivity index (χ4n) is 1.02. The van der Waals surface area contributed by atoms with E-state index in [-0.39, 0.29) is 11.1 Å². The van der Waals surface area contributed by atoms with Gasteiger partial charge in [0.25, 0.3) is 0 Å². The fourth-order valence-corrected chi connectivity index (χ4v) is 1.02. The van der Waals surface area contributed by atoms with Crippen LogP contribution < -0.4 is 0 Å². The van der Waals surface area contributed by atoms with Gasteiger partial charge in [-0.15, -0.1) is 0 Å². The van der Waals surface area contributed by atoms with Crippen LogP contribution in [0.1, 0.15) is 5.56 Å². The molecule has 0 unspecified atom stereocenters. The smallest absolute Gasteiger partial charge is 0.148 e. The molecule has 1 aromatic carbocycles. The molecule has 0 spiro atoms. The molecule has 0 saturated heterocycles. The van der Waals surface area contributed by atoms with E-state index in [1.165, 1.54) is 24.3 Å². The molecule has 0 aliphatic rings. The number of halogens is 1. The summed E-state index contributed by atoms with van der Waals surface area (Å²) >= 11 is 0. The van der Waals surface area contributed by atoms with E-state index < -0.39 is 5.82 Å². The van der Waals surface area contributed by atoms with Crippen LogP contribution in [0.5, 0.6) is 0 Å². The molecule has 4 heteroatoms. The van der Waals surface area contributed by atoms with Crippen LogP contribution in [0.2, 0.25) is 0 Å². The predicted octanol–water partition coefficient (Wildman–Crippen LogP) is 2.15. The van der Waals surface area contributed by atoms with Gasteiger partial charge in [-0.05, 0) is 17.7 Å². The Balaban J connectivity index is 3.35. The minimum absolute atomic E-state index is 0.0417. The molecular weight excluding hydrogens is 193 g/mol. The van der Waals surface area contributed by atoms with Gasteiger partial charge >= 0.3 is 0 Å². The Morgan fingerprint density at radius 2 is 1.47 bits per heavy atom. The number of benzene rings is 1. The average molecular weight is 197 g/mol. The first-order valence-corrected chi connectivity index (χ1v) is 3.93. The highest BCUT2D eigenvalue weighted by molar-refractivity contribution is 5.84. The lowest BCUT2D eigenvalue weighted by Gasteiger charge is -1.97. The van der Waals surface area contributed by atoms with Crippen molar-refractivity contribution >= 4 is 5.57 Å². The highest BCUT2D eigenvalue weighted by atomic mass is 19.1. The van der Waals surface area contributed by atoms with Crippen molar-refractivity contribution in [2.45, 2.75) is 0 Å². The summed E-state index contributed by atoms with van der Waals surface area (Å²) in [6.07, 6.45) is 0. The van der Waals surface area contributed by atoms with Crippen molar-refractivity contribution in [2.24, 2.45) is 0 Å². The van der Waals surface area contributed by atoms with Crippen molar-refractivity contribution in [3.8, 4) is 18.2 Å². The molecule has 0 aromatic heterocycles. The molecule has 3 nitrogen and oxygen atoms in total. The molecule has 0 fully saturated rings. The summed E-state index contributed by atoms with van der Waals surface area (Å²) in [7, 11) is 0. The van der Waals surface area contributed by atoms with Gasteiger partial charge in [0.1, 0.15) is 29.6 Å². The summed E-state index contributed by atoms with van der Waals surface area (Å²) in [4.78, 5) is 0. The number of rotatable bonds is 1. The van der Waals surface area contributed by atoms with Crippen LogP contribution in [-0.2, 0) is 0 Å². The maximum Gasteiger partial charge on any atom is 0.148 e. The van der Waals surface area contributed by atoms with Crippen LogP contribution in [0.4, 0.5) is 4.39 Å². The third-order valence-corrected chi connectivity index (χ3v) is 1.72. The van der Waals surface area contributed by atoms with Crippen LogP contribution in [0, 0.1) is 39.8 Å². The normalized spacial score (nSPS) is 8.13. The molecule has 1 aromatic rings. The van der Waals surface area contributed by atoms with Gasteiger partial charge in [-0.25, -0.2) is 4.39 Å². The van der Waals surface area contributed by atoms with Crippen molar-refractivity contribution in [1.29, 1.82) is 15.8 Å². The molecule has 0 N–H and O–H groups in total. The van der Waals surface area contributed by atoms with Crippen molar-refractivity contribution in [3.63, 3.8) is 0 Å². The Labute approximate surface area is 85.9 Å². The van der Waals surface area contributed by atoms with E-state index >= 15 is 0 Å².